The van der Waals surface area contributed by atoms with E-state index in [2.05, 4.69) is 5.32 Å². The molecule has 1 heterocycles. The molecular formula is C14H18ClNO3. The van der Waals surface area contributed by atoms with Gasteiger partial charge >= 0.3 is 0 Å². The molecule has 0 unspecified atom stereocenters. The molecule has 0 atom stereocenters. The summed E-state index contributed by atoms with van der Waals surface area (Å²) in [6.07, 6.45) is 2.67. The Hall–Kier alpha value is -0.970. The topological polar surface area (TPSA) is 39.7 Å². The molecule has 1 fully saturated rings. The van der Waals surface area contributed by atoms with Crippen LogP contribution in [0.2, 0.25) is 5.02 Å². The minimum absolute atomic E-state index is 0.251. The Balaban J connectivity index is 1.41. The quantitative estimate of drug-likeness (QED) is 0.781. The normalized spacial score (nSPS) is 16.9. The van der Waals surface area contributed by atoms with Crippen molar-refractivity contribution >= 4 is 11.6 Å². The van der Waals surface area contributed by atoms with E-state index in [1.54, 1.807) is 0 Å². The van der Waals surface area contributed by atoms with Crippen molar-refractivity contribution in [1.29, 1.82) is 0 Å². The highest BCUT2D eigenvalue weighted by Crippen LogP contribution is 2.39. The lowest BCUT2D eigenvalue weighted by molar-refractivity contribution is 0.126. The van der Waals surface area contributed by atoms with Gasteiger partial charge in [-0.05, 0) is 36.5 Å². The second-order valence-corrected chi connectivity index (χ2v) is 5.41. The first-order chi connectivity index (χ1) is 9.33. The summed E-state index contributed by atoms with van der Waals surface area (Å²) >= 11 is 6.12. The molecule has 0 spiro atoms. The lowest BCUT2D eigenvalue weighted by atomic mass is 10.2. The standard InChI is InChI=1S/C14H18ClNO3/c15-12-5-11(6-13-14(12)19-9-18-13)7-16-3-4-17-8-10-1-2-10/h5-6,10,16H,1-4,7-9H2. The fourth-order valence-corrected chi connectivity index (χ4v) is 2.32. The predicted octanol–water partition coefficient (Wildman–Crippen LogP) is 2.58. The van der Waals surface area contributed by atoms with Gasteiger partial charge in [-0.25, -0.2) is 0 Å². The Kier molecular flexibility index (Phi) is 4.11. The van der Waals surface area contributed by atoms with E-state index in [4.69, 9.17) is 25.8 Å². The maximum absolute atomic E-state index is 6.12. The minimum atomic E-state index is 0.251. The number of halogens is 1. The highest BCUT2D eigenvalue weighted by Gasteiger charge is 2.21. The highest BCUT2D eigenvalue weighted by molar-refractivity contribution is 6.32. The van der Waals surface area contributed by atoms with Crippen LogP contribution in [0.5, 0.6) is 11.5 Å². The van der Waals surface area contributed by atoms with Crippen LogP contribution < -0.4 is 14.8 Å². The molecule has 3 rings (SSSR count). The molecule has 2 aliphatic rings. The molecule has 19 heavy (non-hydrogen) atoms. The number of benzene rings is 1. The molecule has 0 bridgehead atoms. The van der Waals surface area contributed by atoms with Gasteiger partial charge in [0.25, 0.3) is 0 Å². The third kappa shape index (κ3) is 3.53. The van der Waals surface area contributed by atoms with Crippen molar-refractivity contribution in [2.75, 3.05) is 26.6 Å². The second kappa shape index (κ2) is 5.99. The molecule has 0 radical (unpaired) electrons. The molecular weight excluding hydrogens is 266 g/mol. The average molecular weight is 284 g/mol. The van der Waals surface area contributed by atoms with Gasteiger partial charge in [-0.15, -0.1) is 0 Å². The van der Waals surface area contributed by atoms with E-state index in [0.717, 1.165) is 43.5 Å². The second-order valence-electron chi connectivity index (χ2n) is 5.01. The van der Waals surface area contributed by atoms with Crippen LogP contribution in [0, 0.1) is 5.92 Å². The Bertz CT molecular complexity index is 449. The van der Waals surface area contributed by atoms with Gasteiger partial charge in [0.05, 0.1) is 11.6 Å². The fraction of sp³-hybridized carbons (Fsp3) is 0.571. The first-order valence-corrected chi connectivity index (χ1v) is 7.07. The van der Waals surface area contributed by atoms with Crippen LogP contribution in [-0.2, 0) is 11.3 Å². The zero-order valence-electron chi connectivity index (χ0n) is 10.8. The fourth-order valence-electron chi connectivity index (χ4n) is 2.03. The molecule has 1 aliphatic heterocycles. The average Bonchev–Trinajstić information content (AvgIpc) is 3.09. The lowest BCUT2D eigenvalue weighted by Crippen LogP contribution is -2.19. The Morgan fingerprint density at radius 2 is 2.21 bits per heavy atom. The Labute approximate surface area is 118 Å². The number of hydrogen-bond donors (Lipinski definition) is 1. The van der Waals surface area contributed by atoms with Gasteiger partial charge in [0.15, 0.2) is 11.5 Å². The van der Waals surface area contributed by atoms with Gasteiger partial charge < -0.3 is 19.5 Å². The summed E-state index contributed by atoms with van der Waals surface area (Å²) in [6, 6.07) is 3.87. The van der Waals surface area contributed by atoms with Crippen molar-refractivity contribution in [1.82, 2.24) is 5.32 Å². The lowest BCUT2D eigenvalue weighted by Gasteiger charge is -2.07. The number of hydrogen-bond acceptors (Lipinski definition) is 4. The molecule has 4 nitrogen and oxygen atoms in total. The molecule has 1 aromatic carbocycles. The van der Waals surface area contributed by atoms with Crippen molar-refractivity contribution in [3.63, 3.8) is 0 Å². The number of fused-ring (bicyclic) bond motifs is 1. The molecule has 0 saturated heterocycles. The van der Waals surface area contributed by atoms with E-state index >= 15 is 0 Å². The summed E-state index contributed by atoms with van der Waals surface area (Å²) < 4.78 is 16.2. The summed E-state index contributed by atoms with van der Waals surface area (Å²) in [6.45, 7) is 3.52. The van der Waals surface area contributed by atoms with Gasteiger partial charge in [-0.2, -0.15) is 0 Å². The SMILES string of the molecule is Clc1cc(CNCCOCC2CC2)cc2c1OCO2. The number of nitrogens with one attached hydrogen (secondary N) is 1. The van der Waals surface area contributed by atoms with Gasteiger partial charge in [0.2, 0.25) is 6.79 Å². The third-order valence-electron chi connectivity index (χ3n) is 3.29. The van der Waals surface area contributed by atoms with E-state index in [0.29, 0.717) is 10.8 Å². The molecule has 1 saturated carbocycles. The Morgan fingerprint density at radius 1 is 1.32 bits per heavy atom. The van der Waals surface area contributed by atoms with Crippen molar-refractivity contribution in [2.45, 2.75) is 19.4 Å². The smallest absolute Gasteiger partial charge is 0.231 e. The van der Waals surface area contributed by atoms with E-state index in [9.17, 15) is 0 Å². The minimum Gasteiger partial charge on any atom is -0.454 e. The Morgan fingerprint density at radius 3 is 3.05 bits per heavy atom. The van der Waals surface area contributed by atoms with Crippen molar-refractivity contribution < 1.29 is 14.2 Å². The van der Waals surface area contributed by atoms with Crippen molar-refractivity contribution in [3.05, 3.63) is 22.7 Å². The summed E-state index contributed by atoms with van der Waals surface area (Å²) in [4.78, 5) is 0. The van der Waals surface area contributed by atoms with Crippen LogP contribution in [0.15, 0.2) is 12.1 Å². The summed E-state index contributed by atoms with van der Waals surface area (Å²) in [7, 11) is 0. The summed E-state index contributed by atoms with van der Waals surface area (Å²) in [5.41, 5.74) is 1.09. The molecule has 0 aromatic heterocycles. The summed E-state index contributed by atoms with van der Waals surface area (Å²) in [5.74, 6) is 2.21. The van der Waals surface area contributed by atoms with E-state index in [1.165, 1.54) is 12.8 Å². The third-order valence-corrected chi connectivity index (χ3v) is 3.57. The highest BCUT2D eigenvalue weighted by atomic mass is 35.5. The van der Waals surface area contributed by atoms with Crippen molar-refractivity contribution in [2.24, 2.45) is 5.92 Å². The zero-order chi connectivity index (χ0) is 13.1. The van der Waals surface area contributed by atoms with E-state index in [1.807, 2.05) is 12.1 Å². The maximum atomic E-state index is 6.12. The molecule has 104 valence electrons. The predicted molar refractivity (Wildman–Crippen MR) is 72.8 cm³/mol. The van der Waals surface area contributed by atoms with Crippen LogP contribution in [0.1, 0.15) is 18.4 Å². The van der Waals surface area contributed by atoms with Crippen LogP contribution in [0.25, 0.3) is 0 Å². The van der Waals surface area contributed by atoms with Crippen molar-refractivity contribution in [3.8, 4) is 11.5 Å². The monoisotopic (exact) mass is 283 g/mol. The molecule has 1 N–H and O–H groups in total. The van der Waals surface area contributed by atoms with Crippen LogP contribution in [-0.4, -0.2) is 26.6 Å². The maximum Gasteiger partial charge on any atom is 0.231 e. The molecule has 0 amide bonds. The largest absolute Gasteiger partial charge is 0.454 e. The first-order valence-electron chi connectivity index (χ1n) is 6.69. The van der Waals surface area contributed by atoms with Crippen LogP contribution in [0.4, 0.5) is 0 Å². The van der Waals surface area contributed by atoms with Gasteiger partial charge in [-0.3, -0.25) is 0 Å². The molecule has 1 aliphatic carbocycles. The molecule has 1 aromatic rings. The van der Waals surface area contributed by atoms with Gasteiger partial charge in [0.1, 0.15) is 0 Å². The number of rotatable bonds is 7. The molecule has 5 heteroatoms. The van der Waals surface area contributed by atoms with E-state index in [-0.39, 0.29) is 6.79 Å². The van der Waals surface area contributed by atoms with Crippen LogP contribution in [0.3, 0.4) is 0 Å². The van der Waals surface area contributed by atoms with E-state index < -0.39 is 0 Å². The van der Waals surface area contributed by atoms with Gasteiger partial charge in [0, 0.05) is 19.7 Å². The zero-order valence-corrected chi connectivity index (χ0v) is 11.5. The van der Waals surface area contributed by atoms with Gasteiger partial charge in [-0.1, -0.05) is 11.6 Å². The summed E-state index contributed by atoms with van der Waals surface area (Å²) in [5, 5.41) is 3.94. The number of ether oxygens (including phenoxy) is 3. The van der Waals surface area contributed by atoms with Crippen LogP contribution >= 0.6 is 11.6 Å². The first kappa shape index (κ1) is 13.0.